The minimum absolute atomic E-state index is 0.196. The molecule has 3 atom stereocenters. The normalized spacial score (nSPS) is 26.0. The standard InChI is InChI=1S/C18H26N2OS/c1-13(14-5-4-9-19-12-14)11-18(21)20-16-8-10-22-17-7-3-2-6-15(16)17/h2-3,6-7,13-14,16,19H,4-5,8-12H2,1H3,(H,20,21). The van der Waals surface area contributed by atoms with Gasteiger partial charge in [-0.3, -0.25) is 4.79 Å². The minimum atomic E-state index is 0.196. The van der Waals surface area contributed by atoms with Crippen LogP contribution in [-0.2, 0) is 4.79 Å². The van der Waals surface area contributed by atoms with Crippen LogP contribution in [0.5, 0.6) is 0 Å². The van der Waals surface area contributed by atoms with E-state index in [9.17, 15) is 4.79 Å². The molecule has 0 spiro atoms. The van der Waals surface area contributed by atoms with Crippen molar-refractivity contribution in [3.8, 4) is 0 Å². The maximum Gasteiger partial charge on any atom is 0.220 e. The molecule has 22 heavy (non-hydrogen) atoms. The number of hydrogen-bond donors (Lipinski definition) is 2. The van der Waals surface area contributed by atoms with Gasteiger partial charge < -0.3 is 10.6 Å². The fourth-order valence-corrected chi connectivity index (χ4v) is 4.69. The topological polar surface area (TPSA) is 41.1 Å². The van der Waals surface area contributed by atoms with Gasteiger partial charge in [0, 0.05) is 17.1 Å². The lowest BCUT2D eigenvalue weighted by molar-refractivity contribution is -0.123. The van der Waals surface area contributed by atoms with Crippen LogP contribution in [0.15, 0.2) is 29.2 Å². The highest BCUT2D eigenvalue weighted by Gasteiger charge is 2.25. The number of thioether (sulfide) groups is 1. The van der Waals surface area contributed by atoms with Crippen LogP contribution in [0.2, 0.25) is 0 Å². The molecule has 0 bridgehead atoms. The molecule has 1 saturated heterocycles. The molecule has 3 rings (SSSR count). The fraction of sp³-hybridized carbons (Fsp3) is 0.611. The summed E-state index contributed by atoms with van der Waals surface area (Å²) in [7, 11) is 0. The predicted octanol–water partition coefficient (Wildman–Crippen LogP) is 3.37. The molecule has 1 amide bonds. The Balaban J connectivity index is 1.56. The van der Waals surface area contributed by atoms with Crippen molar-refractivity contribution in [2.24, 2.45) is 11.8 Å². The van der Waals surface area contributed by atoms with Crippen molar-refractivity contribution < 1.29 is 4.79 Å². The van der Waals surface area contributed by atoms with E-state index in [1.165, 1.54) is 23.3 Å². The molecule has 1 aromatic rings. The second-order valence-corrected chi connectivity index (χ2v) is 7.72. The first kappa shape index (κ1) is 15.9. The summed E-state index contributed by atoms with van der Waals surface area (Å²) in [4.78, 5) is 13.8. The summed E-state index contributed by atoms with van der Waals surface area (Å²) in [5.74, 6) is 2.41. The Morgan fingerprint density at radius 2 is 2.27 bits per heavy atom. The second kappa shape index (κ2) is 7.51. The van der Waals surface area contributed by atoms with Crippen molar-refractivity contribution in [1.29, 1.82) is 0 Å². The molecule has 1 aromatic carbocycles. The third kappa shape index (κ3) is 3.85. The first-order chi connectivity index (χ1) is 10.7. The number of piperidine rings is 1. The lowest BCUT2D eigenvalue weighted by atomic mass is 9.85. The summed E-state index contributed by atoms with van der Waals surface area (Å²) in [6.07, 6.45) is 4.18. The van der Waals surface area contributed by atoms with Crippen molar-refractivity contribution >= 4 is 17.7 Å². The van der Waals surface area contributed by atoms with Gasteiger partial charge in [-0.1, -0.05) is 25.1 Å². The third-order valence-corrected chi connectivity index (χ3v) is 6.06. The van der Waals surface area contributed by atoms with Crippen LogP contribution in [0.25, 0.3) is 0 Å². The molecule has 3 unspecified atom stereocenters. The molecule has 0 saturated carbocycles. The Labute approximate surface area is 137 Å². The van der Waals surface area contributed by atoms with E-state index in [0.29, 0.717) is 18.3 Å². The van der Waals surface area contributed by atoms with Crippen molar-refractivity contribution in [1.82, 2.24) is 10.6 Å². The average Bonchev–Trinajstić information content (AvgIpc) is 2.56. The summed E-state index contributed by atoms with van der Waals surface area (Å²) in [6.45, 7) is 4.42. The number of nitrogens with one attached hydrogen (secondary N) is 2. The van der Waals surface area contributed by atoms with Gasteiger partial charge in [0.1, 0.15) is 0 Å². The Kier molecular flexibility index (Phi) is 5.42. The van der Waals surface area contributed by atoms with Crippen LogP contribution < -0.4 is 10.6 Å². The van der Waals surface area contributed by atoms with Gasteiger partial charge in [-0.25, -0.2) is 0 Å². The number of amides is 1. The lowest BCUT2D eigenvalue weighted by Gasteiger charge is -2.29. The van der Waals surface area contributed by atoms with Gasteiger partial charge in [0.2, 0.25) is 5.91 Å². The smallest absolute Gasteiger partial charge is 0.220 e. The monoisotopic (exact) mass is 318 g/mol. The van der Waals surface area contributed by atoms with E-state index in [4.69, 9.17) is 0 Å². The minimum Gasteiger partial charge on any atom is -0.349 e. The molecular formula is C18H26N2OS. The second-order valence-electron chi connectivity index (χ2n) is 6.58. The van der Waals surface area contributed by atoms with Crippen LogP contribution in [0.1, 0.15) is 44.2 Å². The van der Waals surface area contributed by atoms with Gasteiger partial charge in [0.05, 0.1) is 6.04 Å². The number of rotatable bonds is 4. The molecule has 0 aliphatic carbocycles. The molecule has 0 aromatic heterocycles. The third-order valence-electron chi connectivity index (χ3n) is 4.94. The average molecular weight is 318 g/mol. The Hall–Kier alpha value is -1.00. The van der Waals surface area contributed by atoms with Crippen LogP contribution in [0, 0.1) is 11.8 Å². The van der Waals surface area contributed by atoms with Crippen molar-refractivity contribution in [3.63, 3.8) is 0 Å². The number of hydrogen-bond acceptors (Lipinski definition) is 3. The zero-order valence-corrected chi connectivity index (χ0v) is 14.1. The molecule has 120 valence electrons. The fourth-order valence-electron chi connectivity index (χ4n) is 3.57. The van der Waals surface area contributed by atoms with E-state index in [-0.39, 0.29) is 11.9 Å². The number of benzene rings is 1. The summed E-state index contributed by atoms with van der Waals surface area (Å²) in [5, 5.41) is 6.72. The van der Waals surface area contributed by atoms with Crippen LogP contribution in [0.3, 0.4) is 0 Å². The summed E-state index contributed by atoms with van der Waals surface area (Å²) in [6, 6.07) is 8.66. The van der Waals surface area contributed by atoms with E-state index in [1.807, 2.05) is 11.8 Å². The molecule has 2 heterocycles. The number of fused-ring (bicyclic) bond motifs is 1. The van der Waals surface area contributed by atoms with Crippen molar-refractivity contribution in [2.45, 2.75) is 43.5 Å². The van der Waals surface area contributed by atoms with Crippen LogP contribution in [-0.4, -0.2) is 24.7 Å². The highest BCUT2D eigenvalue weighted by molar-refractivity contribution is 7.99. The molecule has 2 N–H and O–H groups in total. The molecular weight excluding hydrogens is 292 g/mol. The maximum absolute atomic E-state index is 12.4. The summed E-state index contributed by atoms with van der Waals surface area (Å²) in [5.41, 5.74) is 1.29. The quantitative estimate of drug-likeness (QED) is 0.894. The molecule has 3 nitrogen and oxygen atoms in total. The molecule has 1 fully saturated rings. The molecule has 0 radical (unpaired) electrons. The van der Waals surface area contributed by atoms with E-state index < -0.39 is 0 Å². The van der Waals surface area contributed by atoms with Gasteiger partial charge in [-0.15, -0.1) is 11.8 Å². The zero-order chi connectivity index (χ0) is 15.4. The Bertz CT molecular complexity index is 514. The molecule has 2 aliphatic heterocycles. The lowest BCUT2D eigenvalue weighted by Crippen LogP contribution is -2.36. The van der Waals surface area contributed by atoms with Gasteiger partial charge >= 0.3 is 0 Å². The van der Waals surface area contributed by atoms with Gasteiger partial charge in [-0.05, 0) is 55.8 Å². The maximum atomic E-state index is 12.4. The molecule has 2 aliphatic rings. The number of carbonyl (C=O) groups is 1. The first-order valence-electron chi connectivity index (χ1n) is 8.46. The summed E-state index contributed by atoms with van der Waals surface area (Å²) >= 11 is 1.90. The zero-order valence-electron chi connectivity index (χ0n) is 13.3. The van der Waals surface area contributed by atoms with Crippen molar-refractivity contribution in [2.75, 3.05) is 18.8 Å². The van der Waals surface area contributed by atoms with Crippen LogP contribution in [0.4, 0.5) is 0 Å². The molecule has 4 heteroatoms. The van der Waals surface area contributed by atoms with E-state index in [0.717, 1.165) is 25.3 Å². The first-order valence-corrected chi connectivity index (χ1v) is 9.44. The van der Waals surface area contributed by atoms with E-state index in [1.54, 1.807) is 0 Å². The van der Waals surface area contributed by atoms with Gasteiger partial charge in [0.25, 0.3) is 0 Å². The summed E-state index contributed by atoms with van der Waals surface area (Å²) < 4.78 is 0. The van der Waals surface area contributed by atoms with E-state index in [2.05, 4.69) is 41.8 Å². The Morgan fingerprint density at radius 1 is 1.41 bits per heavy atom. The predicted molar refractivity (Wildman–Crippen MR) is 92.0 cm³/mol. The highest BCUT2D eigenvalue weighted by atomic mass is 32.2. The van der Waals surface area contributed by atoms with Crippen molar-refractivity contribution in [3.05, 3.63) is 29.8 Å². The SMILES string of the molecule is CC(CC(=O)NC1CCSc2ccccc21)C1CCCNC1. The highest BCUT2D eigenvalue weighted by Crippen LogP contribution is 2.36. The number of carbonyl (C=O) groups excluding carboxylic acids is 1. The van der Waals surface area contributed by atoms with Gasteiger partial charge in [-0.2, -0.15) is 0 Å². The van der Waals surface area contributed by atoms with Crippen LogP contribution >= 0.6 is 11.8 Å². The van der Waals surface area contributed by atoms with Gasteiger partial charge in [0.15, 0.2) is 0 Å². The largest absolute Gasteiger partial charge is 0.349 e. The Morgan fingerprint density at radius 3 is 3.09 bits per heavy atom. The van der Waals surface area contributed by atoms with E-state index >= 15 is 0 Å².